The van der Waals surface area contributed by atoms with Gasteiger partial charge in [-0.15, -0.1) is 0 Å². The van der Waals surface area contributed by atoms with E-state index in [1.165, 1.54) is 0 Å². The highest BCUT2D eigenvalue weighted by Crippen LogP contribution is 2.36. The molecule has 0 unspecified atom stereocenters. The SMILES string of the molecule is CC(C)Oc1ccc(NC2=C(c3ccccc3)C(=O)N(c3ccc(C(F)(F)F)cc3)C2=O)cc1. The van der Waals surface area contributed by atoms with Gasteiger partial charge >= 0.3 is 6.18 Å². The summed E-state index contributed by atoms with van der Waals surface area (Å²) in [5.41, 5.74) is 0.414. The summed E-state index contributed by atoms with van der Waals surface area (Å²) in [6, 6.07) is 19.4. The standard InChI is InChI=1S/C26H21F3N2O3/c1-16(2)34-21-14-10-19(11-15-21)30-23-22(17-6-4-3-5-7-17)24(32)31(25(23)33)20-12-8-18(9-13-20)26(27,28)29/h3-16,30H,1-2H3. The van der Waals surface area contributed by atoms with Crippen LogP contribution < -0.4 is 15.0 Å². The third-order valence-electron chi connectivity index (χ3n) is 5.09. The molecule has 0 bridgehead atoms. The van der Waals surface area contributed by atoms with Crippen LogP contribution in [-0.2, 0) is 15.8 Å². The Hall–Kier alpha value is -4.07. The van der Waals surface area contributed by atoms with E-state index in [0.717, 1.165) is 29.2 Å². The summed E-state index contributed by atoms with van der Waals surface area (Å²) >= 11 is 0. The highest BCUT2D eigenvalue weighted by Gasteiger charge is 2.40. The highest BCUT2D eigenvalue weighted by molar-refractivity contribution is 6.46. The number of ether oxygens (including phenoxy) is 1. The fraction of sp³-hybridized carbons (Fsp3) is 0.154. The molecule has 3 aromatic rings. The van der Waals surface area contributed by atoms with Crippen LogP contribution in [-0.4, -0.2) is 17.9 Å². The minimum absolute atomic E-state index is 0.00229. The van der Waals surface area contributed by atoms with Crippen molar-refractivity contribution in [2.75, 3.05) is 10.2 Å². The van der Waals surface area contributed by atoms with E-state index in [9.17, 15) is 22.8 Å². The summed E-state index contributed by atoms with van der Waals surface area (Å²) in [4.78, 5) is 27.6. The van der Waals surface area contributed by atoms with Crippen LogP contribution in [0.1, 0.15) is 25.0 Å². The van der Waals surface area contributed by atoms with Crippen molar-refractivity contribution in [3.63, 3.8) is 0 Å². The highest BCUT2D eigenvalue weighted by atomic mass is 19.4. The first-order valence-corrected chi connectivity index (χ1v) is 10.5. The van der Waals surface area contributed by atoms with E-state index >= 15 is 0 Å². The number of benzene rings is 3. The minimum atomic E-state index is -4.52. The number of nitrogens with zero attached hydrogens (tertiary/aromatic N) is 1. The predicted octanol–water partition coefficient (Wildman–Crippen LogP) is 5.89. The molecule has 0 saturated carbocycles. The number of halogens is 3. The Morgan fingerprint density at radius 3 is 2.00 bits per heavy atom. The van der Waals surface area contributed by atoms with Crippen molar-refractivity contribution in [2.24, 2.45) is 0 Å². The van der Waals surface area contributed by atoms with Crippen LogP contribution in [0.4, 0.5) is 24.5 Å². The zero-order valence-electron chi connectivity index (χ0n) is 18.4. The lowest BCUT2D eigenvalue weighted by atomic mass is 10.0. The van der Waals surface area contributed by atoms with Crippen LogP contribution in [0.25, 0.3) is 5.57 Å². The summed E-state index contributed by atoms with van der Waals surface area (Å²) in [6.45, 7) is 3.81. The molecule has 0 saturated heterocycles. The van der Waals surface area contributed by atoms with Gasteiger partial charge in [-0.25, -0.2) is 4.90 Å². The maximum absolute atomic E-state index is 13.3. The van der Waals surface area contributed by atoms with Crippen molar-refractivity contribution >= 4 is 28.8 Å². The first-order valence-electron chi connectivity index (χ1n) is 10.5. The van der Waals surface area contributed by atoms with Gasteiger partial charge in [0, 0.05) is 5.69 Å². The van der Waals surface area contributed by atoms with Gasteiger partial charge in [-0.2, -0.15) is 13.2 Å². The third kappa shape index (κ3) is 4.66. The molecule has 0 fully saturated rings. The average Bonchev–Trinajstić information content (AvgIpc) is 3.04. The smallest absolute Gasteiger partial charge is 0.416 e. The van der Waals surface area contributed by atoms with Crippen LogP contribution >= 0.6 is 0 Å². The van der Waals surface area contributed by atoms with Crippen molar-refractivity contribution in [2.45, 2.75) is 26.1 Å². The first kappa shape index (κ1) is 23.1. The number of hydrogen-bond donors (Lipinski definition) is 1. The van der Waals surface area contributed by atoms with Gasteiger partial charge in [0.1, 0.15) is 11.4 Å². The molecular weight excluding hydrogens is 445 g/mol. The molecule has 0 atom stereocenters. The molecule has 0 radical (unpaired) electrons. The van der Waals surface area contributed by atoms with Crippen molar-refractivity contribution in [3.05, 3.63) is 95.7 Å². The van der Waals surface area contributed by atoms with Gasteiger partial charge in [0.05, 0.1) is 22.9 Å². The maximum Gasteiger partial charge on any atom is 0.416 e. The molecule has 1 heterocycles. The molecule has 8 heteroatoms. The minimum Gasteiger partial charge on any atom is -0.491 e. The largest absolute Gasteiger partial charge is 0.491 e. The number of rotatable bonds is 6. The lowest BCUT2D eigenvalue weighted by molar-refractivity contribution is -0.137. The van der Waals surface area contributed by atoms with Crippen molar-refractivity contribution in [3.8, 4) is 5.75 Å². The average molecular weight is 466 g/mol. The third-order valence-corrected chi connectivity index (χ3v) is 5.09. The van der Waals surface area contributed by atoms with Crippen molar-refractivity contribution in [1.29, 1.82) is 0 Å². The van der Waals surface area contributed by atoms with E-state index in [2.05, 4.69) is 5.32 Å². The summed E-state index contributed by atoms with van der Waals surface area (Å²) in [5.74, 6) is -0.637. The number of nitrogens with one attached hydrogen (secondary N) is 1. The monoisotopic (exact) mass is 466 g/mol. The Kier molecular flexibility index (Phi) is 6.15. The van der Waals surface area contributed by atoms with Gasteiger partial charge in [-0.3, -0.25) is 9.59 Å². The second-order valence-electron chi connectivity index (χ2n) is 7.92. The number of anilines is 2. The van der Waals surface area contributed by atoms with Crippen LogP contribution in [0.2, 0.25) is 0 Å². The van der Waals surface area contributed by atoms with Gasteiger partial charge < -0.3 is 10.1 Å². The number of alkyl halides is 3. The van der Waals surface area contributed by atoms with Crippen molar-refractivity contribution in [1.82, 2.24) is 0 Å². The second-order valence-corrected chi connectivity index (χ2v) is 7.92. The molecule has 174 valence electrons. The van der Waals surface area contributed by atoms with E-state index in [-0.39, 0.29) is 23.1 Å². The van der Waals surface area contributed by atoms with Crippen LogP contribution in [0.15, 0.2) is 84.6 Å². The molecular formula is C26H21F3N2O3. The first-order chi connectivity index (χ1) is 16.1. The zero-order chi connectivity index (χ0) is 24.5. The molecule has 1 aliphatic rings. The number of carbonyl (C=O) groups is 2. The van der Waals surface area contributed by atoms with E-state index < -0.39 is 23.6 Å². The fourth-order valence-electron chi connectivity index (χ4n) is 3.59. The molecule has 3 aromatic carbocycles. The molecule has 1 N–H and O–H groups in total. The van der Waals surface area contributed by atoms with Crippen LogP contribution in [0, 0.1) is 0 Å². The lowest BCUT2D eigenvalue weighted by Gasteiger charge is -2.16. The van der Waals surface area contributed by atoms with Crippen LogP contribution in [0.5, 0.6) is 5.75 Å². The molecule has 34 heavy (non-hydrogen) atoms. The number of imide groups is 1. The Balaban J connectivity index is 1.70. The van der Waals surface area contributed by atoms with E-state index in [4.69, 9.17) is 4.74 Å². The lowest BCUT2D eigenvalue weighted by Crippen LogP contribution is -2.32. The maximum atomic E-state index is 13.3. The van der Waals surface area contributed by atoms with Gasteiger partial charge in [-0.05, 0) is 67.9 Å². The normalized spacial score (nSPS) is 14.2. The Morgan fingerprint density at radius 2 is 1.44 bits per heavy atom. The quantitative estimate of drug-likeness (QED) is 0.461. The van der Waals surface area contributed by atoms with Gasteiger partial charge in [0.2, 0.25) is 0 Å². The van der Waals surface area contributed by atoms with Gasteiger partial charge in [0.25, 0.3) is 11.8 Å². The second kappa shape index (κ2) is 9.05. The van der Waals surface area contributed by atoms with Gasteiger partial charge in [0.15, 0.2) is 0 Å². The van der Waals surface area contributed by atoms with Crippen molar-refractivity contribution < 1.29 is 27.5 Å². The molecule has 0 aromatic heterocycles. The predicted molar refractivity (Wildman–Crippen MR) is 123 cm³/mol. The molecule has 0 spiro atoms. The molecule has 1 aliphatic heterocycles. The molecule has 0 aliphatic carbocycles. The fourth-order valence-corrected chi connectivity index (χ4v) is 3.59. The van der Waals surface area contributed by atoms with Gasteiger partial charge in [-0.1, -0.05) is 30.3 Å². The number of amides is 2. The topological polar surface area (TPSA) is 58.6 Å². The number of carbonyl (C=O) groups excluding carboxylic acids is 2. The summed E-state index contributed by atoms with van der Waals surface area (Å²) < 4.78 is 44.5. The van der Waals surface area contributed by atoms with E-state index in [1.54, 1.807) is 54.6 Å². The summed E-state index contributed by atoms with van der Waals surface area (Å²) in [7, 11) is 0. The Labute approximate surface area is 194 Å². The summed E-state index contributed by atoms with van der Waals surface area (Å²) in [5, 5.41) is 3.02. The van der Waals surface area contributed by atoms with E-state index in [1.807, 2.05) is 13.8 Å². The molecule has 2 amide bonds. The number of hydrogen-bond acceptors (Lipinski definition) is 4. The molecule has 4 rings (SSSR count). The van der Waals surface area contributed by atoms with Crippen LogP contribution in [0.3, 0.4) is 0 Å². The van der Waals surface area contributed by atoms with E-state index in [0.29, 0.717) is 17.0 Å². The summed E-state index contributed by atoms with van der Waals surface area (Å²) in [6.07, 6.45) is -4.53. The Bertz CT molecular complexity index is 1230. The molecule has 5 nitrogen and oxygen atoms in total. The zero-order valence-corrected chi connectivity index (χ0v) is 18.4. The Morgan fingerprint density at radius 1 is 0.824 bits per heavy atom.